The maximum absolute atomic E-state index is 12.4. The molecule has 0 aliphatic rings. The van der Waals surface area contributed by atoms with Gasteiger partial charge in [0.2, 0.25) is 0 Å². The van der Waals surface area contributed by atoms with Crippen LogP contribution in [0.2, 0.25) is 5.02 Å². The summed E-state index contributed by atoms with van der Waals surface area (Å²) in [6, 6.07) is 10.3. The predicted molar refractivity (Wildman–Crippen MR) is 105 cm³/mol. The van der Waals surface area contributed by atoms with Crippen LogP contribution in [-0.2, 0) is 17.7 Å². The smallest absolute Gasteiger partial charge is 0.277 e. The molecule has 1 aromatic carbocycles. The van der Waals surface area contributed by atoms with Crippen molar-refractivity contribution < 1.29 is 9.53 Å². The van der Waals surface area contributed by atoms with Gasteiger partial charge in [-0.1, -0.05) is 29.8 Å². The van der Waals surface area contributed by atoms with E-state index >= 15 is 0 Å². The van der Waals surface area contributed by atoms with Crippen LogP contribution in [0, 0.1) is 0 Å². The molecule has 3 aromatic rings. The molecule has 0 spiro atoms. The number of hydrogen-bond donors (Lipinski definition) is 1. The standard InChI is InChI=1S/C18H17ClN4O3S/c1-26-9-8-23-16(24)7-6-15(22-23)17(25)21-18-20-11-13(27-18)10-12-4-2-3-5-14(12)19/h2-7,11H,8-10H2,1H3,(H,20,21,25). The Labute approximate surface area is 164 Å². The number of ether oxygens (including phenoxy) is 1. The Hall–Kier alpha value is -2.55. The number of nitrogens with one attached hydrogen (secondary N) is 1. The van der Waals surface area contributed by atoms with Gasteiger partial charge in [-0.25, -0.2) is 9.67 Å². The molecule has 7 nitrogen and oxygen atoms in total. The molecule has 27 heavy (non-hydrogen) atoms. The molecule has 1 N–H and O–H groups in total. The van der Waals surface area contributed by atoms with Gasteiger partial charge in [-0.15, -0.1) is 11.3 Å². The van der Waals surface area contributed by atoms with E-state index in [-0.39, 0.29) is 17.8 Å². The van der Waals surface area contributed by atoms with Crippen LogP contribution in [0.5, 0.6) is 0 Å². The van der Waals surface area contributed by atoms with Gasteiger partial charge in [0.25, 0.3) is 11.5 Å². The van der Waals surface area contributed by atoms with Crippen molar-refractivity contribution in [3.8, 4) is 0 Å². The number of thiazole rings is 1. The first-order valence-corrected chi connectivity index (χ1v) is 9.33. The number of methoxy groups -OCH3 is 1. The van der Waals surface area contributed by atoms with Crippen molar-refractivity contribution in [2.75, 3.05) is 19.0 Å². The Kier molecular flexibility index (Phi) is 6.33. The second-order valence-electron chi connectivity index (χ2n) is 5.63. The quantitative estimate of drug-likeness (QED) is 0.654. The highest BCUT2D eigenvalue weighted by Gasteiger charge is 2.13. The molecule has 2 heterocycles. The number of aromatic nitrogens is 3. The fourth-order valence-corrected chi connectivity index (χ4v) is 3.38. The second kappa shape index (κ2) is 8.90. The van der Waals surface area contributed by atoms with Gasteiger partial charge in [-0.2, -0.15) is 5.10 Å². The largest absolute Gasteiger partial charge is 0.383 e. The molecule has 0 radical (unpaired) electrons. The van der Waals surface area contributed by atoms with E-state index in [1.165, 1.54) is 35.3 Å². The van der Waals surface area contributed by atoms with Crippen LogP contribution in [0.3, 0.4) is 0 Å². The average molecular weight is 405 g/mol. The Morgan fingerprint density at radius 1 is 1.30 bits per heavy atom. The number of carbonyl (C=O) groups is 1. The van der Waals surface area contributed by atoms with Crippen molar-refractivity contribution in [2.24, 2.45) is 0 Å². The van der Waals surface area contributed by atoms with Gasteiger partial charge in [0.15, 0.2) is 5.13 Å². The van der Waals surface area contributed by atoms with Gasteiger partial charge in [0.1, 0.15) is 5.69 Å². The summed E-state index contributed by atoms with van der Waals surface area (Å²) < 4.78 is 6.14. The Bertz CT molecular complexity index is 1000. The van der Waals surface area contributed by atoms with Crippen molar-refractivity contribution in [2.45, 2.75) is 13.0 Å². The molecular weight excluding hydrogens is 388 g/mol. The fourth-order valence-electron chi connectivity index (χ4n) is 2.35. The molecule has 2 aromatic heterocycles. The van der Waals surface area contributed by atoms with E-state index in [0.29, 0.717) is 23.2 Å². The molecular formula is C18H17ClN4O3S. The van der Waals surface area contributed by atoms with Gasteiger partial charge >= 0.3 is 0 Å². The minimum absolute atomic E-state index is 0.133. The molecule has 0 unspecified atom stereocenters. The zero-order valence-electron chi connectivity index (χ0n) is 14.5. The van der Waals surface area contributed by atoms with Crippen LogP contribution >= 0.6 is 22.9 Å². The Morgan fingerprint density at radius 2 is 2.11 bits per heavy atom. The van der Waals surface area contributed by atoms with E-state index in [0.717, 1.165) is 10.4 Å². The first kappa shape index (κ1) is 19.2. The molecule has 0 saturated carbocycles. The number of carbonyl (C=O) groups excluding carboxylic acids is 1. The molecule has 0 saturated heterocycles. The van der Waals surface area contributed by atoms with Crippen LogP contribution in [0.25, 0.3) is 0 Å². The zero-order valence-corrected chi connectivity index (χ0v) is 16.1. The highest BCUT2D eigenvalue weighted by Crippen LogP contribution is 2.24. The number of amides is 1. The molecule has 0 aliphatic carbocycles. The fraction of sp³-hybridized carbons (Fsp3) is 0.222. The van der Waals surface area contributed by atoms with Crippen LogP contribution < -0.4 is 10.9 Å². The summed E-state index contributed by atoms with van der Waals surface area (Å²) in [7, 11) is 1.53. The van der Waals surface area contributed by atoms with Crippen molar-refractivity contribution in [3.63, 3.8) is 0 Å². The summed E-state index contributed by atoms with van der Waals surface area (Å²) in [5, 5.41) is 7.92. The van der Waals surface area contributed by atoms with Gasteiger partial charge in [0.05, 0.1) is 13.2 Å². The highest BCUT2D eigenvalue weighted by molar-refractivity contribution is 7.15. The van der Waals surface area contributed by atoms with Gasteiger partial charge in [-0.05, 0) is 17.7 Å². The van der Waals surface area contributed by atoms with E-state index in [1.807, 2.05) is 24.3 Å². The maximum Gasteiger partial charge on any atom is 0.277 e. The highest BCUT2D eigenvalue weighted by atomic mass is 35.5. The third-order valence-corrected chi connectivity index (χ3v) is 4.98. The summed E-state index contributed by atoms with van der Waals surface area (Å²) in [4.78, 5) is 29.3. The number of rotatable bonds is 7. The van der Waals surface area contributed by atoms with Crippen LogP contribution in [0.4, 0.5) is 5.13 Å². The molecule has 0 atom stereocenters. The Morgan fingerprint density at radius 3 is 2.89 bits per heavy atom. The number of anilines is 1. The lowest BCUT2D eigenvalue weighted by molar-refractivity contribution is 0.101. The predicted octanol–water partition coefficient (Wildman–Crippen LogP) is 2.84. The van der Waals surface area contributed by atoms with Crippen molar-refractivity contribution in [3.05, 3.63) is 74.1 Å². The monoisotopic (exact) mass is 404 g/mol. The molecule has 0 bridgehead atoms. The number of benzene rings is 1. The van der Waals surface area contributed by atoms with Crippen LogP contribution in [0.1, 0.15) is 20.9 Å². The van der Waals surface area contributed by atoms with E-state index in [4.69, 9.17) is 16.3 Å². The number of nitrogens with zero attached hydrogens (tertiary/aromatic N) is 3. The van der Waals surface area contributed by atoms with E-state index < -0.39 is 5.91 Å². The lowest BCUT2D eigenvalue weighted by Gasteiger charge is -2.06. The first-order chi connectivity index (χ1) is 13.1. The zero-order chi connectivity index (χ0) is 19.2. The lowest BCUT2D eigenvalue weighted by atomic mass is 10.1. The topological polar surface area (TPSA) is 86.1 Å². The second-order valence-corrected chi connectivity index (χ2v) is 7.15. The number of hydrogen-bond acceptors (Lipinski definition) is 6. The van der Waals surface area contributed by atoms with Crippen LogP contribution in [-0.4, -0.2) is 34.4 Å². The average Bonchev–Trinajstić information content (AvgIpc) is 3.09. The molecule has 0 fully saturated rings. The van der Waals surface area contributed by atoms with Gasteiger partial charge in [-0.3, -0.25) is 14.9 Å². The molecule has 0 aliphatic heterocycles. The summed E-state index contributed by atoms with van der Waals surface area (Å²) in [5.41, 5.74) is 0.834. The van der Waals surface area contributed by atoms with E-state index in [2.05, 4.69) is 15.4 Å². The molecule has 1 amide bonds. The third-order valence-electron chi connectivity index (χ3n) is 3.70. The van der Waals surface area contributed by atoms with E-state index in [1.54, 1.807) is 6.20 Å². The van der Waals surface area contributed by atoms with Gasteiger partial charge < -0.3 is 4.74 Å². The van der Waals surface area contributed by atoms with Crippen molar-refractivity contribution in [1.29, 1.82) is 0 Å². The summed E-state index contributed by atoms with van der Waals surface area (Å²) in [6.07, 6.45) is 2.34. The van der Waals surface area contributed by atoms with E-state index in [9.17, 15) is 9.59 Å². The normalized spacial score (nSPS) is 10.7. The Balaban J connectivity index is 1.69. The summed E-state index contributed by atoms with van der Waals surface area (Å²) in [6.45, 7) is 0.603. The van der Waals surface area contributed by atoms with Gasteiger partial charge in [0, 0.05) is 35.7 Å². The number of halogens is 1. The SMILES string of the molecule is COCCn1nc(C(=O)Nc2ncc(Cc3ccccc3Cl)s2)ccc1=O. The summed E-state index contributed by atoms with van der Waals surface area (Å²) >= 11 is 7.54. The minimum Gasteiger partial charge on any atom is -0.383 e. The summed E-state index contributed by atoms with van der Waals surface area (Å²) in [5.74, 6) is -0.431. The van der Waals surface area contributed by atoms with Crippen LogP contribution in [0.15, 0.2) is 47.4 Å². The molecule has 9 heteroatoms. The van der Waals surface area contributed by atoms with Crippen molar-refractivity contribution >= 4 is 34.0 Å². The first-order valence-electron chi connectivity index (χ1n) is 8.13. The minimum atomic E-state index is -0.431. The third kappa shape index (κ3) is 5.00. The molecule has 3 rings (SSSR count). The lowest BCUT2D eigenvalue weighted by Crippen LogP contribution is -2.27. The van der Waals surface area contributed by atoms with Crippen molar-refractivity contribution in [1.82, 2.24) is 14.8 Å². The maximum atomic E-state index is 12.4. The molecule has 140 valence electrons.